The van der Waals surface area contributed by atoms with E-state index in [0.717, 1.165) is 24.9 Å². The molecule has 0 radical (unpaired) electrons. The van der Waals surface area contributed by atoms with Gasteiger partial charge in [0.15, 0.2) is 13.9 Å². The molecular weight excluding hydrogens is 532 g/mol. The van der Waals surface area contributed by atoms with Crippen LogP contribution in [-0.4, -0.2) is 49.8 Å². The Bertz CT molecular complexity index is 1310. The molecule has 2 amide bonds. The zero-order chi connectivity index (χ0) is 29.9. The van der Waals surface area contributed by atoms with Crippen molar-refractivity contribution in [1.82, 2.24) is 0 Å². The third kappa shape index (κ3) is 5.97. The smallest absolute Gasteiger partial charge is 0.264 e. The molecule has 0 aromatic heterocycles. The normalized spacial score (nSPS) is 24.1. The maximum absolute atomic E-state index is 14.5. The molecule has 2 heterocycles. The molecule has 2 aromatic rings. The number of benzene rings is 2. The highest BCUT2D eigenvalue weighted by Crippen LogP contribution is 2.60. The average Bonchev–Trinajstić information content (AvgIpc) is 3.34. The molecule has 41 heavy (non-hydrogen) atoms. The molecular formula is C33H44N2O5Si. The maximum Gasteiger partial charge on any atom is 0.264 e. The van der Waals surface area contributed by atoms with Gasteiger partial charge in [-0.15, -0.1) is 0 Å². The first kappa shape index (κ1) is 30.9. The van der Waals surface area contributed by atoms with E-state index >= 15 is 0 Å². The van der Waals surface area contributed by atoms with E-state index in [9.17, 15) is 19.5 Å². The van der Waals surface area contributed by atoms with Gasteiger partial charge in [-0.1, -0.05) is 48.4 Å². The van der Waals surface area contributed by atoms with Crippen molar-refractivity contribution in [2.24, 2.45) is 5.92 Å². The zero-order valence-electron chi connectivity index (χ0n) is 25.1. The number of carbonyl (C=O) groups excluding carboxylic acids is 2. The van der Waals surface area contributed by atoms with Crippen LogP contribution < -0.4 is 9.80 Å². The fraction of sp³-hybridized carbons (Fsp3) is 0.455. The summed E-state index contributed by atoms with van der Waals surface area (Å²) in [5.74, 6) is -0.493. The SMILES string of the molecule is CC(C)=CCC/C(C)=C/CN1C(=O)[C@]2(O[C@H](CCO)[C@@H]([Si](C)(C)O)[C@@H]2C)c2cc(N(C=O)c3ccccc3)ccc21. The number of allylic oxidation sites excluding steroid dienone is 3. The fourth-order valence-electron chi connectivity index (χ4n) is 6.59. The number of amides is 2. The third-order valence-corrected chi connectivity index (χ3v) is 11.0. The van der Waals surface area contributed by atoms with E-state index in [1.54, 1.807) is 9.80 Å². The maximum atomic E-state index is 14.5. The average molecular weight is 577 g/mol. The minimum Gasteiger partial charge on any atom is -0.432 e. The molecule has 1 spiro atoms. The van der Waals surface area contributed by atoms with Crippen molar-refractivity contribution >= 4 is 37.7 Å². The molecule has 2 N–H and O–H groups in total. The second kappa shape index (κ2) is 12.4. The minimum atomic E-state index is -2.80. The standard InChI is InChI=1S/C33H44N2O5Si/c1-23(2)11-10-12-24(3)17-19-34-29-16-15-27(35(22-37)26-13-8-7-9-14-26)21-28(29)33(32(34)38)25(4)31(41(5,6)39)30(40-33)18-20-36/h7-9,11,13-17,21-22,25,30-31,36,39H,10,12,18-20H2,1-6H3/b24-17+/t25-,30+,31-,33+/m0/s1. The molecule has 2 aliphatic rings. The highest BCUT2D eigenvalue weighted by atomic mass is 28.4. The van der Waals surface area contributed by atoms with Gasteiger partial charge in [-0.25, -0.2) is 0 Å². The number of aliphatic hydroxyl groups excluding tert-OH is 1. The first-order valence-electron chi connectivity index (χ1n) is 14.5. The zero-order valence-corrected chi connectivity index (χ0v) is 26.1. The molecule has 7 nitrogen and oxygen atoms in total. The van der Waals surface area contributed by atoms with Crippen LogP contribution in [-0.2, 0) is 19.9 Å². The van der Waals surface area contributed by atoms with Gasteiger partial charge >= 0.3 is 0 Å². The summed E-state index contributed by atoms with van der Waals surface area (Å²) in [5, 5.41) is 9.87. The van der Waals surface area contributed by atoms with Gasteiger partial charge in [0, 0.05) is 41.5 Å². The van der Waals surface area contributed by atoms with E-state index in [1.807, 2.05) is 68.5 Å². The predicted octanol–water partition coefficient (Wildman–Crippen LogP) is 6.20. The lowest BCUT2D eigenvalue weighted by Crippen LogP contribution is -2.46. The molecule has 0 saturated carbocycles. The van der Waals surface area contributed by atoms with Crippen LogP contribution >= 0.6 is 0 Å². The van der Waals surface area contributed by atoms with Gasteiger partial charge in [-0.2, -0.15) is 0 Å². The molecule has 8 heteroatoms. The summed E-state index contributed by atoms with van der Waals surface area (Å²) in [7, 11) is -2.80. The van der Waals surface area contributed by atoms with Crippen molar-refractivity contribution in [3.63, 3.8) is 0 Å². The summed E-state index contributed by atoms with van der Waals surface area (Å²) in [5.41, 5.74) is 3.71. The van der Waals surface area contributed by atoms with Crippen molar-refractivity contribution in [2.75, 3.05) is 23.0 Å². The van der Waals surface area contributed by atoms with E-state index in [1.165, 1.54) is 11.1 Å². The van der Waals surface area contributed by atoms with Crippen molar-refractivity contribution in [2.45, 2.75) is 77.3 Å². The second-order valence-electron chi connectivity index (χ2n) is 12.2. The topological polar surface area (TPSA) is 90.3 Å². The van der Waals surface area contributed by atoms with E-state index in [-0.39, 0.29) is 24.0 Å². The molecule has 1 fully saturated rings. The van der Waals surface area contributed by atoms with Crippen molar-refractivity contribution in [1.29, 1.82) is 0 Å². The van der Waals surface area contributed by atoms with Crippen LogP contribution in [0.15, 0.2) is 71.8 Å². The third-order valence-electron chi connectivity index (χ3n) is 8.51. The Labute approximate surface area is 245 Å². The molecule has 2 aromatic carbocycles. The first-order chi connectivity index (χ1) is 19.4. The monoisotopic (exact) mass is 576 g/mol. The molecule has 2 aliphatic heterocycles. The molecule has 220 valence electrons. The van der Waals surface area contributed by atoms with Gasteiger partial charge in [-0.3, -0.25) is 14.5 Å². The molecule has 0 aliphatic carbocycles. The number of rotatable bonds is 11. The van der Waals surface area contributed by atoms with Crippen LogP contribution in [0.4, 0.5) is 17.1 Å². The lowest BCUT2D eigenvalue weighted by molar-refractivity contribution is -0.146. The van der Waals surface area contributed by atoms with Crippen LogP contribution in [0.25, 0.3) is 0 Å². The van der Waals surface area contributed by atoms with Crippen LogP contribution in [0.5, 0.6) is 0 Å². The quantitative estimate of drug-likeness (QED) is 0.189. The highest BCUT2D eigenvalue weighted by molar-refractivity contribution is 6.71. The van der Waals surface area contributed by atoms with Crippen LogP contribution in [0.2, 0.25) is 18.6 Å². The lowest BCUT2D eigenvalue weighted by atomic mass is 9.82. The Morgan fingerprint density at radius 3 is 2.41 bits per heavy atom. The number of carbonyl (C=O) groups is 2. The van der Waals surface area contributed by atoms with Gasteiger partial charge in [0.2, 0.25) is 6.41 Å². The van der Waals surface area contributed by atoms with Gasteiger partial charge in [0.25, 0.3) is 5.91 Å². The molecule has 1 saturated heterocycles. The Kier molecular flexibility index (Phi) is 9.38. The number of nitrogens with zero attached hydrogens (tertiary/aromatic N) is 2. The number of fused-ring (bicyclic) bond motifs is 2. The molecule has 4 rings (SSSR count). The summed E-state index contributed by atoms with van der Waals surface area (Å²) in [6.07, 6.45) is 6.83. The van der Waals surface area contributed by atoms with Crippen molar-refractivity contribution in [3.8, 4) is 0 Å². The largest absolute Gasteiger partial charge is 0.432 e. The Balaban J connectivity index is 1.81. The molecule has 0 unspecified atom stereocenters. The van der Waals surface area contributed by atoms with Crippen LogP contribution in [0, 0.1) is 5.92 Å². The summed E-state index contributed by atoms with van der Waals surface area (Å²) < 4.78 is 6.73. The number of para-hydroxylation sites is 1. The van der Waals surface area contributed by atoms with Gasteiger partial charge in [0.05, 0.1) is 11.8 Å². The molecule has 4 atom stereocenters. The van der Waals surface area contributed by atoms with E-state index in [0.29, 0.717) is 29.9 Å². The summed E-state index contributed by atoms with van der Waals surface area (Å²) in [4.78, 5) is 41.5. The van der Waals surface area contributed by atoms with Crippen molar-refractivity contribution < 1.29 is 24.2 Å². The van der Waals surface area contributed by atoms with E-state index in [4.69, 9.17) is 4.74 Å². The fourth-order valence-corrected chi connectivity index (χ4v) is 9.19. The number of aliphatic hydroxyl groups is 1. The summed E-state index contributed by atoms with van der Waals surface area (Å²) in [6, 6.07) is 15.0. The van der Waals surface area contributed by atoms with Crippen LogP contribution in [0.3, 0.4) is 0 Å². The molecule has 0 bridgehead atoms. The van der Waals surface area contributed by atoms with Gasteiger partial charge < -0.3 is 19.5 Å². The first-order valence-corrected chi connectivity index (χ1v) is 17.5. The highest BCUT2D eigenvalue weighted by Gasteiger charge is 2.66. The van der Waals surface area contributed by atoms with Gasteiger partial charge in [-0.05, 0) is 83.5 Å². The van der Waals surface area contributed by atoms with Gasteiger partial charge in [0.1, 0.15) is 0 Å². The Morgan fingerprint density at radius 1 is 1.10 bits per heavy atom. The lowest BCUT2D eigenvalue weighted by Gasteiger charge is -2.32. The number of hydrogen-bond donors (Lipinski definition) is 2. The van der Waals surface area contributed by atoms with Crippen molar-refractivity contribution in [3.05, 3.63) is 77.4 Å². The van der Waals surface area contributed by atoms with E-state index < -0.39 is 20.0 Å². The van der Waals surface area contributed by atoms with E-state index in [2.05, 4.69) is 32.9 Å². The van der Waals surface area contributed by atoms with Crippen LogP contribution in [0.1, 0.15) is 52.5 Å². The Hall–Kier alpha value is -3.04. The number of hydrogen-bond acceptors (Lipinski definition) is 5. The number of anilines is 3. The number of ether oxygens (including phenoxy) is 1. The second-order valence-corrected chi connectivity index (χ2v) is 16.1. The predicted molar refractivity (Wildman–Crippen MR) is 167 cm³/mol. The Morgan fingerprint density at radius 2 is 1.80 bits per heavy atom. The summed E-state index contributed by atoms with van der Waals surface area (Å²) in [6.45, 7) is 12.3. The summed E-state index contributed by atoms with van der Waals surface area (Å²) >= 11 is 0. The minimum absolute atomic E-state index is 0.0974.